The number of imidazole rings is 1. The number of nitrogens with one attached hydrogen (secondary N) is 2. The van der Waals surface area contributed by atoms with Crippen molar-refractivity contribution in [3.8, 4) is 11.3 Å². The van der Waals surface area contributed by atoms with Crippen molar-refractivity contribution < 1.29 is 8.78 Å². The molecule has 0 unspecified atom stereocenters. The van der Waals surface area contributed by atoms with E-state index >= 15 is 0 Å². The number of aromatic amines is 2. The van der Waals surface area contributed by atoms with Gasteiger partial charge in [-0.3, -0.25) is 9.78 Å². The lowest BCUT2D eigenvalue weighted by Crippen LogP contribution is -2.23. The lowest BCUT2D eigenvalue weighted by molar-refractivity contribution is 0.120. The Morgan fingerprint density at radius 1 is 1.38 bits per heavy atom. The minimum atomic E-state index is -2.41. The minimum Gasteiger partial charge on any atom is -0.368 e. The normalized spacial score (nSPS) is 20.0. The van der Waals surface area contributed by atoms with Crippen molar-refractivity contribution in [2.45, 2.75) is 18.8 Å². The van der Waals surface area contributed by atoms with Crippen LogP contribution in [0.25, 0.3) is 16.8 Å². The number of halogens is 2. The molecule has 2 atom stereocenters. The molecular formula is C14H12F2N6O2. The van der Waals surface area contributed by atoms with Gasteiger partial charge in [0.1, 0.15) is 0 Å². The molecule has 0 bridgehead atoms. The van der Waals surface area contributed by atoms with Gasteiger partial charge >= 0.3 is 5.69 Å². The molecule has 1 saturated carbocycles. The summed E-state index contributed by atoms with van der Waals surface area (Å²) < 4.78 is 27.2. The maximum Gasteiger partial charge on any atom is 0.325 e. The standard InChI is InChI=1S/C14H12F2N6O2/c15-11(16)7-1-5(7)6-2-9(8-3-19-14(24)20-12(8)23)21-22-10(6)4-18-13(22)17/h2-5,7,11H,1H2,(H2,17,18)(H2,19,20,23,24)/t5-,7+/m1/s1. The predicted molar refractivity (Wildman–Crippen MR) is 80.9 cm³/mol. The predicted octanol–water partition coefficient (Wildman–Crippen LogP) is 0.724. The summed E-state index contributed by atoms with van der Waals surface area (Å²) in [6.07, 6.45) is 0.635. The van der Waals surface area contributed by atoms with Crippen molar-refractivity contribution in [1.82, 2.24) is 24.6 Å². The first-order valence-corrected chi connectivity index (χ1v) is 7.20. The highest BCUT2D eigenvalue weighted by atomic mass is 19.3. The number of fused-ring (bicyclic) bond motifs is 1. The lowest BCUT2D eigenvalue weighted by Gasteiger charge is -2.08. The molecule has 0 spiro atoms. The Morgan fingerprint density at radius 2 is 2.17 bits per heavy atom. The molecule has 3 aromatic rings. The van der Waals surface area contributed by atoms with Crippen LogP contribution in [0.4, 0.5) is 14.7 Å². The van der Waals surface area contributed by atoms with Gasteiger partial charge in [-0.05, 0) is 24.0 Å². The molecule has 10 heteroatoms. The van der Waals surface area contributed by atoms with Crippen LogP contribution in [0.1, 0.15) is 17.9 Å². The maximum atomic E-state index is 12.9. The number of H-pyrrole nitrogens is 2. The van der Waals surface area contributed by atoms with E-state index in [0.717, 1.165) is 0 Å². The minimum absolute atomic E-state index is 0.0863. The zero-order valence-electron chi connectivity index (χ0n) is 12.2. The number of nitrogen functional groups attached to an aromatic ring is 1. The number of hydrogen-bond acceptors (Lipinski definition) is 5. The van der Waals surface area contributed by atoms with Gasteiger partial charge in [0.2, 0.25) is 12.4 Å². The number of hydrogen-bond donors (Lipinski definition) is 3. The molecule has 3 aromatic heterocycles. The van der Waals surface area contributed by atoms with Crippen LogP contribution in [-0.4, -0.2) is 31.0 Å². The highest BCUT2D eigenvalue weighted by Crippen LogP contribution is 2.52. The molecule has 0 aliphatic heterocycles. The van der Waals surface area contributed by atoms with Crippen LogP contribution in [0.3, 0.4) is 0 Å². The SMILES string of the molecule is Nc1ncc2c([C@H]3C[C@@H]3C(F)F)cc(-c3c[nH]c(=O)[nH]c3=O)nn12. The van der Waals surface area contributed by atoms with Crippen molar-refractivity contribution in [2.75, 3.05) is 5.73 Å². The van der Waals surface area contributed by atoms with Gasteiger partial charge in [-0.25, -0.2) is 18.6 Å². The second kappa shape index (κ2) is 4.98. The van der Waals surface area contributed by atoms with Gasteiger partial charge in [-0.1, -0.05) is 0 Å². The molecule has 4 rings (SSSR count). The molecule has 124 valence electrons. The summed E-state index contributed by atoms with van der Waals surface area (Å²) in [6.45, 7) is 0. The number of nitrogens with two attached hydrogens (primary N) is 1. The molecule has 4 N–H and O–H groups in total. The number of nitrogens with zero attached hydrogens (tertiary/aromatic N) is 3. The summed E-state index contributed by atoms with van der Waals surface area (Å²) in [7, 11) is 0. The Morgan fingerprint density at radius 3 is 2.83 bits per heavy atom. The highest BCUT2D eigenvalue weighted by molar-refractivity contribution is 5.66. The smallest absolute Gasteiger partial charge is 0.325 e. The van der Waals surface area contributed by atoms with E-state index in [1.54, 1.807) is 6.07 Å². The van der Waals surface area contributed by atoms with E-state index in [1.807, 2.05) is 0 Å². The molecule has 24 heavy (non-hydrogen) atoms. The summed E-state index contributed by atoms with van der Waals surface area (Å²) in [6, 6.07) is 1.58. The van der Waals surface area contributed by atoms with E-state index in [0.29, 0.717) is 17.5 Å². The topological polar surface area (TPSA) is 122 Å². The zero-order valence-corrected chi connectivity index (χ0v) is 12.2. The molecule has 0 saturated heterocycles. The van der Waals surface area contributed by atoms with Crippen LogP contribution in [0, 0.1) is 5.92 Å². The molecule has 3 heterocycles. The quantitative estimate of drug-likeness (QED) is 0.651. The lowest BCUT2D eigenvalue weighted by atomic mass is 10.1. The van der Waals surface area contributed by atoms with E-state index < -0.39 is 23.6 Å². The van der Waals surface area contributed by atoms with Crippen molar-refractivity contribution in [1.29, 1.82) is 0 Å². The first kappa shape index (κ1) is 14.5. The number of alkyl halides is 2. The van der Waals surface area contributed by atoms with Gasteiger partial charge < -0.3 is 10.7 Å². The van der Waals surface area contributed by atoms with Gasteiger partial charge in [0.25, 0.3) is 5.56 Å². The van der Waals surface area contributed by atoms with Crippen LogP contribution in [-0.2, 0) is 0 Å². The number of anilines is 1. The summed E-state index contributed by atoms with van der Waals surface area (Å²) in [5.74, 6) is -0.982. The van der Waals surface area contributed by atoms with Crippen molar-refractivity contribution in [2.24, 2.45) is 5.92 Å². The Kier molecular flexibility index (Phi) is 3.02. The molecule has 0 radical (unpaired) electrons. The molecule has 1 aliphatic rings. The fraction of sp³-hybridized carbons (Fsp3) is 0.286. The summed E-state index contributed by atoms with van der Waals surface area (Å²) in [5.41, 5.74) is 5.97. The van der Waals surface area contributed by atoms with Crippen LogP contribution in [0.15, 0.2) is 28.0 Å². The Hall–Kier alpha value is -3.04. The fourth-order valence-electron chi connectivity index (χ4n) is 2.90. The van der Waals surface area contributed by atoms with Gasteiger partial charge in [-0.15, -0.1) is 0 Å². The molecule has 8 nitrogen and oxygen atoms in total. The summed E-state index contributed by atoms with van der Waals surface area (Å²) >= 11 is 0. The second-order valence-electron chi connectivity index (χ2n) is 5.72. The van der Waals surface area contributed by atoms with Gasteiger partial charge in [0, 0.05) is 12.1 Å². The number of rotatable bonds is 3. The molecule has 1 aliphatic carbocycles. The zero-order chi connectivity index (χ0) is 17.0. The van der Waals surface area contributed by atoms with E-state index in [4.69, 9.17) is 5.73 Å². The third kappa shape index (κ3) is 2.18. The second-order valence-corrected chi connectivity index (χ2v) is 5.72. The van der Waals surface area contributed by atoms with E-state index in [1.165, 1.54) is 16.9 Å². The molecule has 0 aromatic carbocycles. The first-order chi connectivity index (χ1) is 11.5. The third-order valence-electron chi connectivity index (χ3n) is 4.22. The van der Waals surface area contributed by atoms with Crippen molar-refractivity contribution in [3.05, 3.63) is 44.9 Å². The number of aromatic nitrogens is 5. The largest absolute Gasteiger partial charge is 0.368 e. The van der Waals surface area contributed by atoms with Crippen LogP contribution < -0.4 is 17.0 Å². The molecule has 0 amide bonds. The Balaban J connectivity index is 1.93. The highest BCUT2D eigenvalue weighted by Gasteiger charge is 2.46. The first-order valence-electron chi connectivity index (χ1n) is 7.20. The Labute approximate surface area is 132 Å². The monoisotopic (exact) mass is 334 g/mol. The average Bonchev–Trinajstić information content (AvgIpc) is 3.25. The van der Waals surface area contributed by atoms with Crippen LogP contribution >= 0.6 is 0 Å². The van der Waals surface area contributed by atoms with E-state index in [-0.39, 0.29) is 23.1 Å². The maximum absolute atomic E-state index is 12.9. The average molecular weight is 334 g/mol. The van der Waals surface area contributed by atoms with Crippen LogP contribution in [0.2, 0.25) is 0 Å². The van der Waals surface area contributed by atoms with Gasteiger partial charge in [0.15, 0.2) is 0 Å². The van der Waals surface area contributed by atoms with Crippen molar-refractivity contribution >= 4 is 11.5 Å². The summed E-state index contributed by atoms with van der Waals surface area (Å²) in [4.78, 5) is 31.5. The fourth-order valence-corrected chi connectivity index (χ4v) is 2.90. The van der Waals surface area contributed by atoms with E-state index in [2.05, 4.69) is 20.1 Å². The third-order valence-corrected chi connectivity index (χ3v) is 4.22. The molecular weight excluding hydrogens is 322 g/mol. The van der Waals surface area contributed by atoms with E-state index in [9.17, 15) is 18.4 Å². The van der Waals surface area contributed by atoms with Crippen molar-refractivity contribution in [3.63, 3.8) is 0 Å². The molecule has 1 fully saturated rings. The van der Waals surface area contributed by atoms with Crippen LogP contribution in [0.5, 0.6) is 0 Å². The Bertz CT molecular complexity index is 1050. The summed E-state index contributed by atoms with van der Waals surface area (Å²) in [5, 5.41) is 4.24. The van der Waals surface area contributed by atoms with Gasteiger partial charge in [-0.2, -0.15) is 9.61 Å². The van der Waals surface area contributed by atoms with Gasteiger partial charge in [0.05, 0.1) is 23.0 Å².